The molecule has 1 unspecified atom stereocenters. The summed E-state index contributed by atoms with van der Waals surface area (Å²) in [5, 5.41) is 0. The van der Waals surface area contributed by atoms with E-state index >= 15 is 0 Å². The van der Waals surface area contributed by atoms with Crippen LogP contribution >= 0.6 is 22.6 Å². The van der Waals surface area contributed by atoms with E-state index in [1.54, 1.807) is 6.21 Å². The van der Waals surface area contributed by atoms with Crippen LogP contribution in [0.3, 0.4) is 0 Å². The van der Waals surface area contributed by atoms with Crippen LogP contribution in [-0.2, 0) is 0 Å². The minimum absolute atomic E-state index is 0.111. The molecule has 0 fully saturated rings. The first kappa shape index (κ1) is 16.9. The maximum atomic E-state index is 13.0. The summed E-state index contributed by atoms with van der Waals surface area (Å²) in [4.78, 5) is 17.6. The van der Waals surface area contributed by atoms with Crippen LogP contribution in [0.2, 0.25) is 0 Å². The normalized spacial score (nSPS) is 18.2. The monoisotopic (exact) mass is 449 g/mol. The molecule has 0 N–H and O–H groups in total. The maximum absolute atomic E-state index is 13.0. The Morgan fingerprint density at radius 3 is 2.08 bits per heavy atom. The van der Waals surface area contributed by atoms with E-state index in [0.29, 0.717) is 0 Å². The number of aliphatic imine (C=N–C) groups is 1. The number of Topliss-reactive ketones (excluding diaryl/α,β-unsaturated/α-hetero) is 1. The lowest BCUT2D eigenvalue weighted by Crippen LogP contribution is -2.10. The third-order valence-corrected chi connectivity index (χ3v) is 5.67. The molecule has 0 radical (unpaired) electrons. The van der Waals surface area contributed by atoms with E-state index in [4.69, 9.17) is 0 Å². The van der Waals surface area contributed by atoms with Crippen molar-refractivity contribution in [1.29, 1.82) is 0 Å². The SMILES string of the molecule is O=C1c2ccccc2/C(=C(/I)c2ccccc2)C1C=Nc1ccccc1. The Morgan fingerprint density at radius 1 is 0.808 bits per heavy atom. The summed E-state index contributed by atoms with van der Waals surface area (Å²) < 4.78 is 1.09. The van der Waals surface area contributed by atoms with Crippen LogP contribution in [0.5, 0.6) is 0 Å². The second-order valence-electron chi connectivity index (χ2n) is 6.09. The second kappa shape index (κ2) is 7.38. The third-order valence-electron chi connectivity index (χ3n) is 4.47. The van der Waals surface area contributed by atoms with E-state index in [1.165, 1.54) is 0 Å². The summed E-state index contributed by atoms with van der Waals surface area (Å²) in [6.45, 7) is 0. The van der Waals surface area contributed by atoms with Crippen molar-refractivity contribution in [2.24, 2.45) is 10.9 Å². The molecule has 0 saturated heterocycles. The average molecular weight is 449 g/mol. The van der Waals surface area contributed by atoms with Crippen LogP contribution in [0.15, 0.2) is 89.9 Å². The molecule has 3 heteroatoms. The van der Waals surface area contributed by atoms with Gasteiger partial charge in [0.05, 0.1) is 11.6 Å². The lowest BCUT2D eigenvalue weighted by atomic mass is 9.97. The number of hydrogen-bond donors (Lipinski definition) is 0. The Hall–Kier alpha value is -2.53. The van der Waals surface area contributed by atoms with Gasteiger partial charge in [-0.3, -0.25) is 9.79 Å². The largest absolute Gasteiger partial charge is 0.293 e. The van der Waals surface area contributed by atoms with Gasteiger partial charge in [0.25, 0.3) is 0 Å². The van der Waals surface area contributed by atoms with Crippen LogP contribution in [0.25, 0.3) is 9.15 Å². The van der Waals surface area contributed by atoms with Crippen molar-refractivity contribution in [2.45, 2.75) is 0 Å². The Kier molecular flexibility index (Phi) is 4.80. The van der Waals surface area contributed by atoms with Crippen molar-refractivity contribution in [3.8, 4) is 0 Å². The van der Waals surface area contributed by atoms with E-state index in [-0.39, 0.29) is 11.7 Å². The number of benzene rings is 3. The molecule has 1 atom stereocenters. The lowest BCUT2D eigenvalue weighted by molar-refractivity contribution is 0.0984. The Bertz CT molecular complexity index is 1010. The predicted octanol–water partition coefficient (Wildman–Crippen LogP) is 6.20. The quantitative estimate of drug-likeness (QED) is 0.346. The summed E-state index contributed by atoms with van der Waals surface area (Å²) in [6, 6.07) is 27.8. The Balaban J connectivity index is 1.84. The predicted molar refractivity (Wildman–Crippen MR) is 116 cm³/mol. The zero-order chi connectivity index (χ0) is 17.9. The number of ketones is 1. The summed E-state index contributed by atoms with van der Waals surface area (Å²) in [7, 11) is 0. The smallest absolute Gasteiger partial charge is 0.176 e. The van der Waals surface area contributed by atoms with Crippen LogP contribution in [0.1, 0.15) is 21.5 Å². The molecular weight excluding hydrogens is 433 g/mol. The van der Waals surface area contributed by atoms with Gasteiger partial charge in [-0.25, -0.2) is 0 Å². The highest BCUT2D eigenvalue weighted by molar-refractivity contribution is 14.1. The fraction of sp³-hybridized carbons (Fsp3) is 0.0435. The average Bonchev–Trinajstić information content (AvgIpc) is 2.99. The van der Waals surface area contributed by atoms with Gasteiger partial charge in [0.15, 0.2) is 5.78 Å². The minimum Gasteiger partial charge on any atom is -0.293 e. The number of carbonyl (C=O) groups excluding carboxylic acids is 1. The highest BCUT2D eigenvalue weighted by Gasteiger charge is 2.35. The summed E-state index contributed by atoms with van der Waals surface area (Å²) in [5.74, 6) is -0.250. The van der Waals surface area contributed by atoms with Crippen molar-refractivity contribution in [3.63, 3.8) is 0 Å². The van der Waals surface area contributed by atoms with E-state index in [9.17, 15) is 4.79 Å². The molecule has 0 saturated carbocycles. The van der Waals surface area contributed by atoms with E-state index in [0.717, 1.165) is 31.5 Å². The van der Waals surface area contributed by atoms with E-state index in [1.807, 2.05) is 72.8 Å². The first-order chi connectivity index (χ1) is 12.8. The number of rotatable bonds is 3. The number of carbonyl (C=O) groups is 1. The van der Waals surface area contributed by atoms with Gasteiger partial charge in [-0.1, -0.05) is 72.8 Å². The number of nitrogens with zero attached hydrogens (tertiary/aromatic N) is 1. The first-order valence-electron chi connectivity index (χ1n) is 8.43. The highest BCUT2D eigenvalue weighted by atomic mass is 127. The molecule has 4 rings (SSSR count). The van der Waals surface area contributed by atoms with Crippen LogP contribution in [-0.4, -0.2) is 12.0 Å². The Morgan fingerprint density at radius 2 is 1.38 bits per heavy atom. The van der Waals surface area contributed by atoms with Crippen molar-refractivity contribution in [1.82, 2.24) is 0 Å². The standard InChI is InChI=1S/C23H16INO/c24-22(16-9-3-1-4-10-16)21-18-13-7-8-14-19(18)23(26)20(21)15-25-17-11-5-2-6-12-17/h1-15,20H/b22-21-,25-15?. The van der Waals surface area contributed by atoms with E-state index in [2.05, 4.69) is 39.7 Å². The van der Waals surface area contributed by atoms with Gasteiger partial charge in [0, 0.05) is 15.4 Å². The molecule has 3 aromatic rings. The zero-order valence-corrected chi connectivity index (χ0v) is 16.1. The molecule has 26 heavy (non-hydrogen) atoms. The molecule has 3 aromatic carbocycles. The van der Waals surface area contributed by atoms with Crippen molar-refractivity contribution in [3.05, 3.63) is 102 Å². The van der Waals surface area contributed by atoms with Crippen molar-refractivity contribution in [2.75, 3.05) is 0 Å². The number of para-hydroxylation sites is 1. The summed E-state index contributed by atoms with van der Waals surface area (Å²) in [6.07, 6.45) is 1.79. The zero-order valence-electron chi connectivity index (χ0n) is 14.0. The number of fused-ring (bicyclic) bond motifs is 1. The molecule has 0 aliphatic heterocycles. The topological polar surface area (TPSA) is 29.4 Å². The van der Waals surface area contributed by atoms with Gasteiger partial charge in [-0.15, -0.1) is 0 Å². The number of allylic oxidation sites excluding steroid dienone is 1. The molecule has 0 spiro atoms. The molecule has 126 valence electrons. The Labute approximate surface area is 166 Å². The summed E-state index contributed by atoms with van der Waals surface area (Å²) >= 11 is 2.35. The lowest BCUT2D eigenvalue weighted by Gasteiger charge is -2.11. The van der Waals surface area contributed by atoms with Crippen LogP contribution in [0, 0.1) is 5.92 Å². The molecular formula is C23H16INO. The molecule has 1 aliphatic carbocycles. The fourth-order valence-electron chi connectivity index (χ4n) is 3.21. The van der Waals surface area contributed by atoms with Gasteiger partial charge in [0.1, 0.15) is 0 Å². The van der Waals surface area contributed by atoms with Crippen molar-refractivity contribution >= 4 is 49.4 Å². The van der Waals surface area contributed by atoms with Crippen molar-refractivity contribution < 1.29 is 4.79 Å². The van der Waals surface area contributed by atoms with Gasteiger partial charge in [-0.05, 0) is 51.4 Å². The molecule has 1 aliphatic rings. The minimum atomic E-state index is -0.361. The highest BCUT2D eigenvalue weighted by Crippen LogP contribution is 2.43. The van der Waals surface area contributed by atoms with Gasteiger partial charge >= 0.3 is 0 Å². The molecule has 2 nitrogen and oxygen atoms in total. The summed E-state index contributed by atoms with van der Waals surface area (Å²) in [5.41, 5.74) is 4.79. The maximum Gasteiger partial charge on any atom is 0.176 e. The number of hydrogen-bond acceptors (Lipinski definition) is 2. The van der Waals surface area contributed by atoms with Gasteiger partial charge < -0.3 is 0 Å². The first-order valence-corrected chi connectivity index (χ1v) is 9.51. The molecule has 0 amide bonds. The van der Waals surface area contributed by atoms with Crippen LogP contribution < -0.4 is 0 Å². The fourth-order valence-corrected chi connectivity index (χ4v) is 4.20. The molecule has 0 bridgehead atoms. The van der Waals surface area contributed by atoms with Gasteiger partial charge in [0.2, 0.25) is 0 Å². The van der Waals surface area contributed by atoms with E-state index < -0.39 is 0 Å². The van der Waals surface area contributed by atoms with Gasteiger partial charge in [-0.2, -0.15) is 0 Å². The number of halogens is 1. The third kappa shape index (κ3) is 3.15. The molecule has 0 aromatic heterocycles. The molecule has 0 heterocycles. The second-order valence-corrected chi connectivity index (χ2v) is 7.17. The van der Waals surface area contributed by atoms with Crippen LogP contribution in [0.4, 0.5) is 5.69 Å².